The van der Waals surface area contributed by atoms with Crippen molar-refractivity contribution in [3.63, 3.8) is 0 Å². The van der Waals surface area contributed by atoms with Crippen LogP contribution >= 0.6 is 0 Å². The molecule has 1 aliphatic heterocycles. The van der Waals surface area contributed by atoms with Gasteiger partial charge < -0.3 is 24.9 Å². The van der Waals surface area contributed by atoms with E-state index in [9.17, 15) is 9.59 Å². The van der Waals surface area contributed by atoms with Gasteiger partial charge in [-0.25, -0.2) is 9.59 Å². The van der Waals surface area contributed by atoms with Gasteiger partial charge in [-0.15, -0.1) is 0 Å². The highest BCUT2D eigenvalue weighted by Gasteiger charge is 2.22. The van der Waals surface area contributed by atoms with E-state index in [-0.39, 0.29) is 0 Å². The van der Waals surface area contributed by atoms with Gasteiger partial charge in [-0.05, 0) is 69.1 Å². The molecule has 0 aromatic heterocycles. The molecular weight excluding hydrogens is 454 g/mol. The molecule has 0 spiro atoms. The summed E-state index contributed by atoms with van der Waals surface area (Å²) in [5.74, 6) is -1.23. The molecule has 0 bridgehead atoms. The first-order valence-electron chi connectivity index (χ1n) is 12.5. The Morgan fingerprint density at radius 3 is 1.69 bits per heavy atom. The summed E-state index contributed by atoms with van der Waals surface area (Å²) in [5.41, 5.74) is 5.73. The number of rotatable bonds is 10. The average molecular weight is 496 g/mol. The quantitative estimate of drug-likeness (QED) is 0.473. The van der Waals surface area contributed by atoms with E-state index in [0.29, 0.717) is 24.0 Å². The summed E-state index contributed by atoms with van der Waals surface area (Å²) in [6.07, 6.45) is 3.37. The van der Waals surface area contributed by atoms with E-state index in [2.05, 4.69) is 98.2 Å². The number of fused-ring (bicyclic) bond motifs is 2. The van der Waals surface area contributed by atoms with Gasteiger partial charge in [0.15, 0.2) is 0 Å². The van der Waals surface area contributed by atoms with Gasteiger partial charge in [0.25, 0.3) is 0 Å². The van der Waals surface area contributed by atoms with E-state index in [1.165, 1.54) is 22.5 Å². The van der Waals surface area contributed by atoms with Crippen molar-refractivity contribution in [3.8, 4) is 0 Å². The van der Waals surface area contributed by atoms with Crippen molar-refractivity contribution in [1.29, 1.82) is 0 Å². The van der Waals surface area contributed by atoms with Gasteiger partial charge in [-0.2, -0.15) is 0 Å². The van der Waals surface area contributed by atoms with Crippen LogP contribution in [0.2, 0.25) is 0 Å². The monoisotopic (exact) mass is 495 g/mol. The highest BCUT2D eigenvalue weighted by Crippen LogP contribution is 2.36. The maximum atomic E-state index is 9.55. The number of carbonyl (C=O) groups is 2. The van der Waals surface area contributed by atoms with Crippen molar-refractivity contribution in [3.05, 3.63) is 71.8 Å². The van der Waals surface area contributed by atoms with Gasteiger partial charge in [0, 0.05) is 49.7 Å². The standard InChI is InChI=1S/C25H37N3.C4H4O4/c1-20(16-26(3)4)17-27(5)18-21(2)19-28-24-12-8-6-10-22(24)14-15-23-11-7-9-13-25(23)28;5-3(6)1-2-4(7)8/h6-13,20-21H,14-19H2,1-5H3;1-2H,(H,5,6)(H,7,8)/b;2-1-. The Balaban J connectivity index is 0.000000493. The lowest BCUT2D eigenvalue weighted by Gasteiger charge is -2.32. The summed E-state index contributed by atoms with van der Waals surface area (Å²) in [5, 5.41) is 15.6. The molecule has 7 heteroatoms. The zero-order valence-corrected chi connectivity index (χ0v) is 22.2. The van der Waals surface area contributed by atoms with Gasteiger partial charge >= 0.3 is 11.9 Å². The Hall–Kier alpha value is -3.16. The van der Waals surface area contributed by atoms with Gasteiger partial charge in [0.05, 0.1) is 0 Å². The predicted octanol–water partition coefficient (Wildman–Crippen LogP) is 4.40. The molecular formula is C29H41N3O4. The fraction of sp³-hybridized carbons (Fsp3) is 0.448. The summed E-state index contributed by atoms with van der Waals surface area (Å²) in [7, 11) is 6.59. The third kappa shape index (κ3) is 9.84. The molecule has 2 unspecified atom stereocenters. The SMILES string of the molecule is CC(CN(C)C)CN(C)CC(C)CN1c2ccccc2CCc2ccccc21.O=C(O)/C=C\C(=O)O. The fourth-order valence-corrected chi connectivity index (χ4v) is 4.90. The average Bonchev–Trinajstić information content (AvgIpc) is 2.95. The molecule has 0 amide bonds. The Morgan fingerprint density at radius 1 is 0.806 bits per heavy atom. The van der Waals surface area contributed by atoms with Crippen LogP contribution in [0.4, 0.5) is 11.4 Å². The number of carboxylic acid groups (broad SMARTS) is 2. The first-order valence-corrected chi connectivity index (χ1v) is 12.5. The van der Waals surface area contributed by atoms with E-state index in [1.807, 2.05) is 0 Å². The lowest BCUT2D eigenvalue weighted by atomic mass is 10.0. The van der Waals surface area contributed by atoms with E-state index in [1.54, 1.807) is 0 Å². The number of carboxylic acids is 2. The molecule has 2 aromatic carbocycles. The minimum atomic E-state index is -1.26. The number of hydrogen-bond donors (Lipinski definition) is 2. The number of para-hydroxylation sites is 2. The summed E-state index contributed by atoms with van der Waals surface area (Å²) in [4.78, 5) is 26.5. The van der Waals surface area contributed by atoms with E-state index < -0.39 is 11.9 Å². The third-order valence-corrected chi connectivity index (χ3v) is 6.01. The molecule has 3 rings (SSSR count). The molecule has 196 valence electrons. The van der Waals surface area contributed by atoms with Crippen LogP contribution in [0.25, 0.3) is 0 Å². The summed E-state index contributed by atoms with van der Waals surface area (Å²) in [6.45, 7) is 9.21. The predicted molar refractivity (Wildman–Crippen MR) is 146 cm³/mol. The summed E-state index contributed by atoms with van der Waals surface area (Å²) < 4.78 is 0. The van der Waals surface area contributed by atoms with Gasteiger partial charge in [-0.3, -0.25) is 0 Å². The number of benzene rings is 2. The Bertz CT molecular complexity index is 958. The molecule has 0 fully saturated rings. The topological polar surface area (TPSA) is 84.3 Å². The van der Waals surface area contributed by atoms with Crippen LogP contribution in [0.15, 0.2) is 60.7 Å². The molecule has 2 atom stereocenters. The summed E-state index contributed by atoms with van der Waals surface area (Å²) >= 11 is 0. The molecule has 0 aliphatic carbocycles. The van der Waals surface area contributed by atoms with Crippen molar-refractivity contribution in [2.45, 2.75) is 26.7 Å². The van der Waals surface area contributed by atoms with Crippen molar-refractivity contribution in [2.24, 2.45) is 11.8 Å². The zero-order chi connectivity index (χ0) is 26.7. The largest absolute Gasteiger partial charge is 0.478 e. The van der Waals surface area contributed by atoms with Crippen LogP contribution in [0.3, 0.4) is 0 Å². The Morgan fingerprint density at radius 2 is 1.25 bits per heavy atom. The maximum Gasteiger partial charge on any atom is 0.328 e. The first-order chi connectivity index (χ1) is 17.1. The molecule has 0 saturated heterocycles. The van der Waals surface area contributed by atoms with E-state index >= 15 is 0 Å². The van der Waals surface area contributed by atoms with Crippen LogP contribution in [0, 0.1) is 11.8 Å². The molecule has 7 nitrogen and oxygen atoms in total. The first kappa shape index (κ1) is 29.1. The van der Waals surface area contributed by atoms with Gasteiger partial charge in [0.2, 0.25) is 0 Å². The third-order valence-electron chi connectivity index (χ3n) is 6.01. The molecule has 1 heterocycles. The van der Waals surface area contributed by atoms with Crippen LogP contribution in [0.1, 0.15) is 25.0 Å². The van der Waals surface area contributed by atoms with Crippen molar-refractivity contribution in [2.75, 3.05) is 52.2 Å². The number of hydrogen-bond acceptors (Lipinski definition) is 5. The van der Waals surface area contributed by atoms with E-state index in [4.69, 9.17) is 10.2 Å². The zero-order valence-electron chi connectivity index (χ0n) is 22.2. The number of anilines is 2. The Labute approximate surface area is 215 Å². The van der Waals surface area contributed by atoms with Crippen molar-refractivity contribution >= 4 is 23.3 Å². The van der Waals surface area contributed by atoms with Crippen LogP contribution in [-0.2, 0) is 22.4 Å². The van der Waals surface area contributed by atoms with Crippen molar-refractivity contribution in [1.82, 2.24) is 9.80 Å². The number of aliphatic carboxylic acids is 2. The fourth-order valence-electron chi connectivity index (χ4n) is 4.90. The Kier molecular flexibility index (Phi) is 11.6. The van der Waals surface area contributed by atoms with Gasteiger partial charge in [0.1, 0.15) is 0 Å². The second kappa shape index (κ2) is 14.4. The molecule has 36 heavy (non-hydrogen) atoms. The minimum Gasteiger partial charge on any atom is -0.478 e. The highest BCUT2D eigenvalue weighted by molar-refractivity contribution is 5.89. The highest BCUT2D eigenvalue weighted by atomic mass is 16.4. The van der Waals surface area contributed by atoms with Crippen LogP contribution in [-0.4, -0.2) is 79.3 Å². The van der Waals surface area contributed by atoms with Crippen molar-refractivity contribution < 1.29 is 19.8 Å². The molecule has 2 aromatic rings. The summed E-state index contributed by atoms with van der Waals surface area (Å²) in [6, 6.07) is 17.9. The minimum absolute atomic E-state index is 0.558. The van der Waals surface area contributed by atoms with Gasteiger partial charge in [-0.1, -0.05) is 50.2 Å². The van der Waals surface area contributed by atoms with Crippen LogP contribution in [0.5, 0.6) is 0 Å². The smallest absolute Gasteiger partial charge is 0.328 e. The maximum absolute atomic E-state index is 9.55. The van der Waals surface area contributed by atoms with E-state index in [0.717, 1.165) is 39.0 Å². The lowest BCUT2D eigenvalue weighted by molar-refractivity contribution is -0.134. The second-order valence-electron chi connectivity index (χ2n) is 10.1. The number of nitrogens with zero attached hydrogens (tertiary/aromatic N) is 3. The van der Waals surface area contributed by atoms with Crippen LogP contribution < -0.4 is 4.90 Å². The normalized spacial score (nSPS) is 14.5. The number of aryl methyl sites for hydroxylation is 2. The molecule has 1 aliphatic rings. The molecule has 0 radical (unpaired) electrons. The lowest BCUT2D eigenvalue weighted by Crippen LogP contribution is -2.36. The molecule has 0 saturated carbocycles. The second-order valence-corrected chi connectivity index (χ2v) is 10.1. The molecule has 2 N–H and O–H groups in total.